The van der Waals surface area contributed by atoms with Crippen molar-refractivity contribution < 1.29 is 18.9 Å². The van der Waals surface area contributed by atoms with Gasteiger partial charge in [-0.3, -0.25) is 14.5 Å². The zero-order valence-electron chi connectivity index (χ0n) is 12.2. The fourth-order valence-electron chi connectivity index (χ4n) is 2.38. The molecule has 0 N–H and O–H groups in total. The number of hydrogen-bond donors (Lipinski definition) is 0. The van der Waals surface area contributed by atoms with E-state index in [4.69, 9.17) is 9.31 Å². The van der Waals surface area contributed by atoms with E-state index in [-0.39, 0.29) is 30.8 Å². The Morgan fingerprint density at radius 3 is 2.40 bits per heavy atom. The number of likely N-dealkylation sites (N-methyl/N-ethyl adjacent to an activating group) is 1. The van der Waals surface area contributed by atoms with Gasteiger partial charge in [-0.1, -0.05) is 25.5 Å². The van der Waals surface area contributed by atoms with Crippen LogP contribution in [-0.2, 0) is 18.9 Å². The van der Waals surface area contributed by atoms with E-state index in [0.29, 0.717) is 5.92 Å². The lowest BCUT2D eigenvalue weighted by molar-refractivity contribution is -0.145. The van der Waals surface area contributed by atoms with Gasteiger partial charge in [-0.2, -0.15) is 0 Å². The summed E-state index contributed by atoms with van der Waals surface area (Å²) in [7, 11) is 0.937. The average molecular weight is 279 g/mol. The van der Waals surface area contributed by atoms with Crippen LogP contribution in [0.25, 0.3) is 0 Å². The number of rotatable bonds is 5. The molecule has 1 heterocycles. The molecule has 1 aliphatic heterocycles. The smallest absolute Gasteiger partial charge is 0.498 e. The highest BCUT2D eigenvalue weighted by atomic mass is 16.6. The van der Waals surface area contributed by atoms with Gasteiger partial charge in [-0.05, 0) is 32.2 Å². The number of carbonyl (C=O) groups is 2. The maximum Gasteiger partial charge on any atom is 0.606 e. The van der Waals surface area contributed by atoms with Gasteiger partial charge in [0.15, 0.2) is 0 Å². The van der Waals surface area contributed by atoms with E-state index in [1.54, 1.807) is 11.9 Å². The highest BCUT2D eigenvalue weighted by molar-refractivity contribution is 6.51. The molecule has 1 saturated carbocycles. The molecule has 1 atom stereocenters. The van der Waals surface area contributed by atoms with Crippen LogP contribution in [-0.4, -0.2) is 44.1 Å². The maximum absolute atomic E-state index is 11.8. The summed E-state index contributed by atoms with van der Waals surface area (Å²) in [5.74, 6) is -0.206. The Morgan fingerprint density at radius 1 is 1.30 bits per heavy atom. The van der Waals surface area contributed by atoms with Crippen molar-refractivity contribution >= 4 is 19.1 Å². The number of allylic oxidation sites excluding steroid dienone is 2. The summed E-state index contributed by atoms with van der Waals surface area (Å²) >= 11 is 0. The zero-order valence-corrected chi connectivity index (χ0v) is 12.2. The van der Waals surface area contributed by atoms with Crippen molar-refractivity contribution in [2.24, 2.45) is 5.92 Å². The minimum atomic E-state index is -0.760. The Bertz CT molecular complexity index is 375. The van der Waals surface area contributed by atoms with Crippen LogP contribution in [0.3, 0.4) is 0 Å². The monoisotopic (exact) mass is 279 g/mol. The molecule has 1 saturated heterocycles. The zero-order chi connectivity index (χ0) is 14.5. The second-order valence-electron chi connectivity index (χ2n) is 5.65. The van der Waals surface area contributed by atoms with Gasteiger partial charge < -0.3 is 9.31 Å². The Morgan fingerprint density at radius 2 is 1.90 bits per heavy atom. The van der Waals surface area contributed by atoms with E-state index in [0.717, 1.165) is 25.7 Å². The average Bonchev–Trinajstić information content (AvgIpc) is 3.16. The summed E-state index contributed by atoms with van der Waals surface area (Å²) in [6.45, 7) is 2.37. The Hall–Kier alpha value is -1.30. The summed E-state index contributed by atoms with van der Waals surface area (Å²) in [5.41, 5.74) is 0. The molecule has 2 rings (SSSR count). The maximum atomic E-state index is 11.8. The van der Waals surface area contributed by atoms with Gasteiger partial charge in [-0.25, -0.2) is 0 Å². The lowest BCUT2D eigenvalue weighted by atomic mass is 9.68. The second kappa shape index (κ2) is 6.93. The van der Waals surface area contributed by atoms with Crippen LogP contribution in [0.5, 0.6) is 0 Å². The van der Waals surface area contributed by atoms with Crippen molar-refractivity contribution in [3.05, 3.63) is 12.2 Å². The standard InChI is InChI=1S/C14H22BNO4/c1-3-4-5-6-12(11-7-8-11)15-19-13(17)9-16(2)10-14(18)20-15/h5-6,11-12H,3-4,7-10H2,1-2H3/b6-5+. The molecule has 2 aliphatic rings. The minimum absolute atomic E-state index is 0.00199. The number of unbranched alkanes of at least 4 members (excludes halogenated alkanes) is 1. The number of nitrogens with zero attached hydrogens (tertiary/aromatic N) is 1. The molecule has 0 spiro atoms. The largest absolute Gasteiger partial charge is 0.606 e. The molecule has 20 heavy (non-hydrogen) atoms. The first-order valence-electron chi connectivity index (χ1n) is 7.34. The predicted molar refractivity (Wildman–Crippen MR) is 76.0 cm³/mol. The van der Waals surface area contributed by atoms with E-state index in [1.807, 2.05) is 0 Å². The van der Waals surface area contributed by atoms with Crippen molar-refractivity contribution in [2.45, 2.75) is 38.4 Å². The molecular formula is C14H22BNO4. The SMILES string of the molecule is CCC/C=C/C(B1OC(=O)CN(C)CC(=O)O1)C1CC1. The first kappa shape index (κ1) is 15.1. The lowest BCUT2D eigenvalue weighted by Crippen LogP contribution is -2.44. The van der Waals surface area contributed by atoms with Gasteiger partial charge in [0.1, 0.15) is 0 Å². The van der Waals surface area contributed by atoms with Crippen LogP contribution >= 0.6 is 0 Å². The molecule has 0 aromatic rings. The lowest BCUT2D eigenvalue weighted by Gasteiger charge is -2.25. The van der Waals surface area contributed by atoms with Crippen LogP contribution in [0.15, 0.2) is 12.2 Å². The van der Waals surface area contributed by atoms with Crippen LogP contribution in [0, 0.1) is 5.92 Å². The minimum Gasteiger partial charge on any atom is -0.498 e. The van der Waals surface area contributed by atoms with Crippen LogP contribution in [0.4, 0.5) is 0 Å². The molecule has 110 valence electrons. The highest BCUT2D eigenvalue weighted by Gasteiger charge is 2.45. The van der Waals surface area contributed by atoms with E-state index in [2.05, 4.69) is 19.1 Å². The molecule has 5 nitrogen and oxygen atoms in total. The van der Waals surface area contributed by atoms with E-state index < -0.39 is 7.12 Å². The predicted octanol–water partition coefficient (Wildman–Crippen LogP) is 1.64. The Labute approximate surface area is 120 Å². The fourth-order valence-corrected chi connectivity index (χ4v) is 2.38. The van der Waals surface area contributed by atoms with Crippen molar-refractivity contribution in [1.82, 2.24) is 4.90 Å². The van der Waals surface area contributed by atoms with Crippen molar-refractivity contribution in [2.75, 3.05) is 20.1 Å². The molecule has 2 fully saturated rings. The summed E-state index contributed by atoms with van der Waals surface area (Å²) < 4.78 is 10.7. The molecule has 1 unspecified atom stereocenters. The first-order chi connectivity index (χ1) is 9.60. The molecular weight excluding hydrogens is 257 g/mol. The van der Waals surface area contributed by atoms with Gasteiger partial charge in [0.05, 0.1) is 13.1 Å². The summed E-state index contributed by atoms with van der Waals surface area (Å²) in [4.78, 5) is 25.1. The van der Waals surface area contributed by atoms with Gasteiger partial charge in [-0.15, -0.1) is 0 Å². The molecule has 0 radical (unpaired) electrons. The third kappa shape index (κ3) is 4.37. The Balaban J connectivity index is 2.05. The molecule has 0 amide bonds. The first-order valence-corrected chi connectivity index (χ1v) is 7.34. The van der Waals surface area contributed by atoms with Gasteiger partial charge in [0, 0.05) is 5.82 Å². The second-order valence-corrected chi connectivity index (χ2v) is 5.65. The van der Waals surface area contributed by atoms with Gasteiger partial charge >= 0.3 is 19.1 Å². The molecule has 0 aromatic heterocycles. The van der Waals surface area contributed by atoms with Gasteiger partial charge in [0.25, 0.3) is 0 Å². The molecule has 1 aliphatic carbocycles. The molecule has 0 aromatic carbocycles. The van der Waals surface area contributed by atoms with Crippen molar-refractivity contribution in [3.8, 4) is 0 Å². The van der Waals surface area contributed by atoms with Crippen LogP contribution in [0.1, 0.15) is 32.6 Å². The third-order valence-electron chi connectivity index (χ3n) is 3.59. The summed E-state index contributed by atoms with van der Waals surface area (Å²) in [6.07, 6.45) is 8.41. The van der Waals surface area contributed by atoms with Crippen LogP contribution < -0.4 is 0 Å². The number of hydrogen-bond acceptors (Lipinski definition) is 5. The van der Waals surface area contributed by atoms with Gasteiger partial charge in [0.2, 0.25) is 0 Å². The highest BCUT2D eigenvalue weighted by Crippen LogP contribution is 2.43. The topological polar surface area (TPSA) is 55.8 Å². The third-order valence-corrected chi connectivity index (χ3v) is 3.59. The summed E-state index contributed by atoms with van der Waals surface area (Å²) in [5, 5.41) is 0. The molecule has 0 bridgehead atoms. The fraction of sp³-hybridized carbons (Fsp3) is 0.714. The molecule has 6 heteroatoms. The Kier molecular flexibility index (Phi) is 5.23. The van der Waals surface area contributed by atoms with E-state index in [1.165, 1.54) is 0 Å². The summed E-state index contributed by atoms with van der Waals surface area (Å²) in [6, 6.07) is 0. The normalized spacial score (nSPS) is 23.2. The van der Waals surface area contributed by atoms with Crippen molar-refractivity contribution in [3.63, 3.8) is 0 Å². The van der Waals surface area contributed by atoms with E-state index in [9.17, 15) is 9.59 Å². The van der Waals surface area contributed by atoms with E-state index >= 15 is 0 Å². The van der Waals surface area contributed by atoms with Crippen LogP contribution in [0.2, 0.25) is 5.82 Å². The van der Waals surface area contributed by atoms with Crippen molar-refractivity contribution in [1.29, 1.82) is 0 Å². The quantitative estimate of drug-likeness (QED) is 0.565. The number of carbonyl (C=O) groups excluding carboxylic acids is 2.